The fraction of sp³-hybridized carbons (Fsp3) is 0.304. The van der Waals surface area contributed by atoms with Crippen molar-refractivity contribution in [3.05, 3.63) is 40.7 Å². The van der Waals surface area contributed by atoms with Gasteiger partial charge in [-0.3, -0.25) is 4.98 Å². The predicted molar refractivity (Wildman–Crippen MR) is 120 cm³/mol. The maximum Gasteiger partial charge on any atom is 0.317 e. The number of fused-ring (bicyclic) bond motifs is 4. The van der Waals surface area contributed by atoms with Crippen molar-refractivity contribution >= 4 is 37.3 Å². The second kappa shape index (κ2) is 8.09. The Morgan fingerprint density at radius 3 is 2.88 bits per heavy atom. The highest BCUT2D eigenvalue weighted by atomic mass is 32.1. The van der Waals surface area contributed by atoms with Gasteiger partial charge in [0, 0.05) is 29.1 Å². The zero-order chi connectivity index (χ0) is 23.4. The fourth-order valence-corrected chi connectivity index (χ4v) is 5.47. The van der Waals surface area contributed by atoms with E-state index < -0.39 is 11.6 Å². The number of aromatic nitrogens is 3. The van der Waals surface area contributed by atoms with Crippen LogP contribution in [-0.4, -0.2) is 34.3 Å². The molecule has 5 heterocycles. The quantitative estimate of drug-likeness (QED) is 0.460. The first-order valence-electron chi connectivity index (χ1n) is 10.7. The summed E-state index contributed by atoms with van der Waals surface area (Å²) < 4.78 is 47.7. The van der Waals surface area contributed by atoms with E-state index in [1.54, 1.807) is 0 Å². The molecule has 1 saturated heterocycles. The average Bonchev–Trinajstić information content (AvgIpc) is 3.59. The van der Waals surface area contributed by atoms with Gasteiger partial charge >= 0.3 is 6.01 Å². The molecule has 1 fully saturated rings. The molecule has 2 aliphatic heterocycles. The number of ether oxygens (including phenoxy) is 3. The lowest BCUT2D eigenvalue weighted by Crippen LogP contribution is -2.17. The van der Waals surface area contributed by atoms with Crippen molar-refractivity contribution in [1.29, 1.82) is 5.26 Å². The van der Waals surface area contributed by atoms with Gasteiger partial charge in [-0.15, -0.1) is 11.3 Å². The Kier molecular flexibility index (Phi) is 5.02. The van der Waals surface area contributed by atoms with Crippen LogP contribution in [0.3, 0.4) is 0 Å². The van der Waals surface area contributed by atoms with Crippen molar-refractivity contribution < 1.29 is 23.0 Å². The summed E-state index contributed by atoms with van der Waals surface area (Å²) in [6.07, 6.45) is 4.33. The summed E-state index contributed by atoms with van der Waals surface area (Å²) in [5.41, 5.74) is 7.60. The molecule has 0 aliphatic carbocycles. The van der Waals surface area contributed by atoms with Crippen LogP contribution in [-0.2, 0) is 22.7 Å². The van der Waals surface area contributed by atoms with Crippen LogP contribution < -0.4 is 10.5 Å². The highest BCUT2D eigenvalue weighted by Gasteiger charge is 2.30. The summed E-state index contributed by atoms with van der Waals surface area (Å²) >= 11 is 0.932. The van der Waals surface area contributed by atoms with Gasteiger partial charge in [-0.2, -0.15) is 10.2 Å². The van der Waals surface area contributed by atoms with Crippen LogP contribution in [0.15, 0.2) is 12.4 Å². The molecule has 0 unspecified atom stereocenters. The zero-order valence-corrected chi connectivity index (χ0v) is 18.5. The summed E-state index contributed by atoms with van der Waals surface area (Å²) in [6, 6.07) is 2.03. The Bertz CT molecular complexity index is 1510. The first-order chi connectivity index (χ1) is 16.6. The molecule has 0 spiro atoms. The Morgan fingerprint density at radius 2 is 2.09 bits per heavy atom. The highest BCUT2D eigenvalue weighted by molar-refractivity contribution is 7.23. The molecular formula is C23H17F2N5O3S. The van der Waals surface area contributed by atoms with E-state index in [0.717, 1.165) is 35.9 Å². The first kappa shape index (κ1) is 21.1. The summed E-state index contributed by atoms with van der Waals surface area (Å²) in [4.78, 5) is 12.8. The summed E-state index contributed by atoms with van der Waals surface area (Å²) in [6.45, 7) is 1.33. The van der Waals surface area contributed by atoms with E-state index in [4.69, 9.17) is 19.9 Å². The van der Waals surface area contributed by atoms with Gasteiger partial charge in [0.2, 0.25) is 0 Å². The maximum atomic E-state index is 16.1. The van der Waals surface area contributed by atoms with Gasteiger partial charge in [0.15, 0.2) is 11.6 Å². The normalized spacial score (nSPS) is 17.4. The van der Waals surface area contributed by atoms with E-state index in [1.807, 2.05) is 6.07 Å². The van der Waals surface area contributed by atoms with Gasteiger partial charge in [-0.25, -0.2) is 13.8 Å². The minimum Gasteiger partial charge on any atom is -0.461 e. The number of nitriles is 1. The number of hydrogen-bond donors (Lipinski definition) is 1. The van der Waals surface area contributed by atoms with Gasteiger partial charge < -0.3 is 19.9 Å². The molecule has 8 nitrogen and oxygen atoms in total. The van der Waals surface area contributed by atoms with Crippen LogP contribution in [0.4, 0.5) is 13.8 Å². The van der Waals surface area contributed by atoms with E-state index in [1.165, 1.54) is 6.20 Å². The number of nitrogen functional groups attached to an aromatic ring is 1. The van der Waals surface area contributed by atoms with Gasteiger partial charge in [0.25, 0.3) is 0 Å². The topological polar surface area (TPSA) is 116 Å². The van der Waals surface area contributed by atoms with Crippen LogP contribution in [0.1, 0.15) is 29.5 Å². The summed E-state index contributed by atoms with van der Waals surface area (Å²) in [5, 5.41) is 10.5. The molecule has 0 bridgehead atoms. The van der Waals surface area contributed by atoms with Crippen molar-refractivity contribution in [2.45, 2.75) is 32.2 Å². The van der Waals surface area contributed by atoms with Crippen molar-refractivity contribution in [1.82, 2.24) is 15.0 Å². The molecule has 1 aromatic carbocycles. The molecule has 3 aromatic heterocycles. The minimum absolute atomic E-state index is 0.0291. The van der Waals surface area contributed by atoms with E-state index >= 15 is 4.39 Å². The number of thiophene rings is 1. The fourth-order valence-electron chi connectivity index (χ4n) is 4.54. The van der Waals surface area contributed by atoms with Gasteiger partial charge in [0.1, 0.15) is 23.2 Å². The Morgan fingerprint density at radius 1 is 1.24 bits per heavy atom. The van der Waals surface area contributed by atoms with Crippen LogP contribution >= 0.6 is 11.3 Å². The molecule has 0 saturated carbocycles. The number of hydrogen-bond acceptors (Lipinski definition) is 9. The Labute approximate surface area is 195 Å². The van der Waals surface area contributed by atoms with Crippen LogP contribution in [0, 0.1) is 23.0 Å². The minimum atomic E-state index is -0.669. The SMILES string of the molecule is N#Cc1c(N)sc2c(F)cnc(-c3c4c(c5cnc(OC[C@@H]6CCCO6)nc5c3F)COC4)c12. The summed E-state index contributed by atoms with van der Waals surface area (Å²) in [7, 11) is 0. The van der Waals surface area contributed by atoms with Crippen molar-refractivity contribution in [3.8, 4) is 23.3 Å². The molecule has 11 heteroatoms. The number of rotatable bonds is 4. The number of halogens is 2. The smallest absolute Gasteiger partial charge is 0.317 e. The van der Waals surface area contributed by atoms with Crippen molar-refractivity contribution in [2.24, 2.45) is 0 Å². The number of nitrogens with zero attached hydrogens (tertiary/aromatic N) is 4. The monoisotopic (exact) mass is 481 g/mol. The molecule has 0 amide bonds. The molecule has 172 valence electrons. The highest BCUT2D eigenvalue weighted by Crippen LogP contribution is 2.44. The van der Waals surface area contributed by atoms with Crippen molar-refractivity contribution in [3.63, 3.8) is 0 Å². The first-order valence-corrected chi connectivity index (χ1v) is 11.5. The zero-order valence-electron chi connectivity index (χ0n) is 17.7. The molecule has 2 aliphatic rings. The number of benzene rings is 1. The van der Waals surface area contributed by atoms with E-state index in [-0.39, 0.29) is 69.4 Å². The second-order valence-corrected chi connectivity index (χ2v) is 9.16. The Balaban J connectivity index is 1.56. The largest absolute Gasteiger partial charge is 0.461 e. The van der Waals surface area contributed by atoms with E-state index in [0.29, 0.717) is 17.6 Å². The molecule has 0 radical (unpaired) electrons. The lowest BCUT2D eigenvalue weighted by atomic mass is 9.94. The van der Waals surface area contributed by atoms with Gasteiger partial charge in [-0.1, -0.05) is 0 Å². The molecule has 6 rings (SSSR count). The Hall–Kier alpha value is -3.46. The molecule has 2 N–H and O–H groups in total. The van der Waals surface area contributed by atoms with Crippen molar-refractivity contribution in [2.75, 3.05) is 18.9 Å². The number of anilines is 1. The van der Waals surface area contributed by atoms with Crippen LogP contribution in [0.25, 0.3) is 32.2 Å². The predicted octanol–water partition coefficient (Wildman–Crippen LogP) is 4.23. The van der Waals surface area contributed by atoms with Gasteiger partial charge in [0.05, 0.1) is 41.5 Å². The molecule has 34 heavy (non-hydrogen) atoms. The average molecular weight is 481 g/mol. The molecule has 1 atom stereocenters. The number of pyridine rings is 1. The lowest BCUT2D eigenvalue weighted by molar-refractivity contribution is 0.0646. The summed E-state index contributed by atoms with van der Waals surface area (Å²) in [5.74, 6) is -1.30. The standard InChI is InChI=1S/C23H17F2N5O3S/c24-15-6-28-20(17-11(4-26)22(27)34-21(15)17)16-14-9-31-8-13(14)12-5-29-23(30-19(12)18(16)25)33-7-10-2-1-3-32-10/h5-6,10H,1-3,7-9,27H2/t10-/m0/s1. The van der Waals surface area contributed by atoms with E-state index in [2.05, 4.69) is 15.0 Å². The van der Waals surface area contributed by atoms with Crippen LogP contribution in [0.2, 0.25) is 0 Å². The third kappa shape index (κ3) is 3.18. The van der Waals surface area contributed by atoms with Crippen LogP contribution in [0.5, 0.6) is 6.01 Å². The molecular weight excluding hydrogens is 464 g/mol. The lowest BCUT2D eigenvalue weighted by Gasteiger charge is -2.14. The third-order valence-corrected chi connectivity index (χ3v) is 7.17. The van der Waals surface area contributed by atoms with E-state index in [9.17, 15) is 9.65 Å². The van der Waals surface area contributed by atoms with Gasteiger partial charge in [-0.05, 0) is 24.0 Å². The number of nitrogens with two attached hydrogens (primary N) is 1. The second-order valence-electron chi connectivity index (χ2n) is 8.11. The molecule has 4 aromatic rings. The third-order valence-electron chi connectivity index (χ3n) is 6.15. The maximum absolute atomic E-state index is 16.1.